The summed E-state index contributed by atoms with van der Waals surface area (Å²) < 4.78 is 5.69. The van der Waals surface area contributed by atoms with Crippen molar-refractivity contribution in [3.8, 4) is 17.3 Å². The Morgan fingerprint density at radius 1 is 1.00 bits per heavy atom. The van der Waals surface area contributed by atoms with E-state index in [0.717, 1.165) is 12.0 Å². The molecule has 0 unspecified atom stereocenters. The summed E-state index contributed by atoms with van der Waals surface area (Å²) in [7, 11) is 0. The molecular formula is C17H21ClN2O. The van der Waals surface area contributed by atoms with E-state index in [2.05, 4.69) is 16.9 Å². The molecule has 112 valence electrons. The second-order valence-corrected chi connectivity index (χ2v) is 5.37. The lowest BCUT2D eigenvalue weighted by molar-refractivity contribution is 0.293. The fourth-order valence-electron chi connectivity index (χ4n) is 2.07. The van der Waals surface area contributed by atoms with Crippen molar-refractivity contribution in [1.29, 1.82) is 0 Å². The highest BCUT2D eigenvalue weighted by molar-refractivity contribution is 6.29. The Morgan fingerprint density at radius 2 is 1.76 bits per heavy atom. The lowest BCUT2D eigenvalue weighted by atomic mass is 10.2. The van der Waals surface area contributed by atoms with E-state index in [0.29, 0.717) is 23.5 Å². The fraction of sp³-hybridized carbons (Fsp3) is 0.412. The molecule has 2 rings (SSSR count). The molecule has 0 fully saturated rings. The van der Waals surface area contributed by atoms with Crippen LogP contribution in [0, 0.1) is 0 Å². The lowest BCUT2D eigenvalue weighted by Gasteiger charge is -2.07. The minimum absolute atomic E-state index is 0.407. The molecule has 1 aromatic carbocycles. The molecular weight excluding hydrogens is 284 g/mol. The Bertz CT molecular complexity index is 546. The molecule has 0 aliphatic heterocycles. The molecule has 3 nitrogen and oxygen atoms in total. The van der Waals surface area contributed by atoms with Gasteiger partial charge >= 0.3 is 0 Å². The van der Waals surface area contributed by atoms with Crippen LogP contribution in [0.4, 0.5) is 0 Å². The van der Waals surface area contributed by atoms with Crippen LogP contribution in [0.25, 0.3) is 11.4 Å². The standard InChI is InChI=1S/C17H21ClN2O/c1-2-3-4-5-9-12-21-16-13-15(18)19-17(20-16)14-10-7-6-8-11-14/h6-8,10-11,13H,2-5,9,12H2,1H3. The third kappa shape index (κ3) is 5.35. The van der Waals surface area contributed by atoms with Gasteiger partial charge in [0, 0.05) is 11.6 Å². The van der Waals surface area contributed by atoms with Crippen LogP contribution >= 0.6 is 11.6 Å². The van der Waals surface area contributed by atoms with Crippen molar-refractivity contribution < 1.29 is 4.74 Å². The normalized spacial score (nSPS) is 10.6. The molecule has 21 heavy (non-hydrogen) atoms. The largest absolute Gasteiger partial charge is 0.478 e. The van der Waals surface area contributed by atoms with Crippen LogP contribution in [0.1, 0.15) is 39.0 Å². The first-order valence-corrected chi connectivity index (χ1v) is 7.90. The van der Waals surface area contributed by atoms with Gasteiger partial charge in [-0.1, -0.05) is 74.5 Å². The molecule has 0 saturated carbocycles. The molecule has 1 aromatic heterocycles. The topological polar surface area (TPSA) is 35.0 Å². The van der Waals surface area contributed by atoms with Gasteiger partial charge in [-0.3, -0.25) is 0 Å². The predicted molar refractivity (Wildman–Crippen MR) is 86.7 cm³/mol. The average molecular weight is 305 g/mol. The Labute approximate surface area is 131 Å². The number of nitrogens with zero attached hydrogens (tertiary/aromatic N) is 2. The maximum absolute atomic E-state index is 6.05. The quantitative estimate of drug-likeness (QED) is 0.500. The summed E-state index contributed by atoms with van der Waals surface area (Å²) in [4.78, 5) is 8.67. The molecule has 0 N–H and O–H groups in total. The highest BCUT2D eigenvalue weighted by atomic mass is 35.5. The summed E-state index contributed by atoms with van der Waals surface area (Å²) in [6.45, 7) is 2.88. The van der Waals surface area contributed by atoms with E-state index < -0.39 is 0 Å². The van der Waals surface area contributed by atoms with Crippen LogP contribution in [-0.2, 0) is 0 Å². The van der Waals surface area contributed by atoms with Gasteiger partial charge in [-0.25, -0.2) is 4.98 Å². The van der Waals surface area contributed by atoms with Gasteiger partial charge in [0.05, 0.1) is 6.61 Å². The molecule has 0 aliphatic rings. The first-order valence-electron chi connectivity index (χ1n) is 7.52. The van der Waals surface area contributed by atoms with Crippen molar-refractivity contribution >= 4 is 11.6 Å². The summed E-state index contributed by atoms with van der Waals surface area (Å²) >= 11 is 6.05. The van der Waals surface area contributed by atoms with E-state index in [-0.39, 0.29) is 0 Å². The van der Waals surface area contributed by atoms with Crippen LogP contribution in [0.15, 0.2) is 36.4 Å². The molecule has 4 heteroatoms. The van der Waals surface area contributed by atoms with E-state index in [1.807, 2.05) is 30.3 Å². The molecule has 2 aromatic rings. The number of hydrogen-bond acceptors (Lipinski definition) is 3. The number of aromatic nitrogens is 2. The first-order chi connectivity index (χ1) is 10.3. The minimum Gasteiger partial charge on any atom is -0.478 e. The molecule has 0 aliphatic carbocycles. The van der Waals surface area contributed by atoms with E-state index in [9.17, 15) is 0 Å². The number of rotatable bonds is 8. The van der Waals surface area contributed by atoms with E-state index in [1.54, 1.807) is 6.07 Å². The van der Waals surface area contributed by atoms with Crippen molar-refractivity contribution in [1.82, 2.24) is 9.97 Å². The Morgan fingerprint density at radius 3 is 2.52 bits per heavy atom. The highest BCUT2D eigenvalue weighted by Crippen LogP contribution is 2.21. The van der Waals surface area contributed by atoms with Crippen LogP contribution in [-0.4, -0.2) is 16.6 Å². The fourth-order valence-corrected chi connectivity index (χ4v) is 2.24. The number of unbranched alkanes of at least 4 members (excludes halogenated alkanes) is 4. The van der Waals surface area contributed by atoms with Gasteiger partial charge in [0.1, 0.15) is 5.15 Å². The number of hydrogen-bond donors (Lipinski definition) is 0. The van der Waals surface area contributed by atoms with Gasteiger partial charge in [-0.15, -0.1) is 0 Å². The zero-order valence-electron chi connectivity index (χ0n) is 12.4. The molecule has 0 atom stereocenters. The van der Waals surface area contributed by atoms with Gasteiger partial charge in [-0.2, -0.15) is 4.98 Å². The summed E-state index contributed by atoms with van der Waals surface area (Å²) in [6.07, 6.45) is 6.04. The average Bonchev–Trinajstić information content (AvgIpc) is 2.51. The number of ether oxygens (including phenoxy) is 1. The van der Waals surface area contributed by atoms with Crippen LogP contribution in [0.3, 0.4) is 0 Å². The Hall–Kier alpha value is -1.61. The molecule has 0 bridgehead atoms. The molecule has 0 radical (unpaired) electrons. The van der Waals surface area contributed by atoms with Gasteiger partial charge in [0.15, 0.2) is 5.82 Å². The summed E-state index contributed by atoms with van der Waals surface area (Å²) in [5, 5.41) is 0.407. The highest BCUT2D eigenvalue weighted by Gasteiger charge is 2.06. The van der Waals surface area contributed by atoms with Gasteiger partial charge < -0.3 is 4.74 Å². The van der Waals surface area contributed by atoms with E-state index >= 15 is 0 Å². The van der Waals surface area contributed by atoms with Gasteiger partial charge in [-0.05, 0) is 6.42 Å². The second-order valence-electron chi connectivity index (χ2n) is 4.98. The maximum Gasteiger partial charge on any atom is 0.218 e. The maximum atomic E-state index is 6.05. The second kappa shape index (κ2) is 8.63. The van der Waals surface area contributed by atoms with Crippen molar-refractivity contribution in [2.75, 3.05) is 6.61 Å². The SMILES string of the molecule is CCCCCCCOc1cc(Cl)nc(-c2ccccc2)n1. The monoisotopic (exact) mass is 304 g/mol. The van der Waals surface area contributed by atoms with Gasteiger partial charge in [0.25, 0.3) is 0 Å². The zero-order valence-corrected chi connectivity index (χ0v) is 13.1. The molecule has 0 saturated heterocycles. The van der Waals surface area contributed by atoms with Crippen LogP contribution in [0.5, 0.6) is 5.88 Å². The van der Waals surface area contributed by atoms with Crippen LogP contribution in [0.2, 0.25) is 5.15 Å². The Kier molecular flexibility index (Phi) is 6.48. The Balaban J connectivity index is 1.93. The van der Waals surface area contributed by atoms with Crippen molar-refractivity contribution in [2.24, 2.45) is 0 Å². The predicted octanol–water partition coefficient (Wildman–Crippen LogP) is 5.15. The van der Waals surface area contributed by atoms with Crippen molar-refractivity contribution in [2.45, 2.75) is 39.0 Å². The van der Waals surface area contributed by atoms with E-state index in [4.69, 9.17) is 16.3 Å². The third-order valence-corrected chi connectivity index (χ3v) is 3.39. The van der Waals surface area contributed by atoms with Gasteiger partial charge in [0.2, 0.25) is 5.88 Å². The number of halogens is 1. The summed E-state index contributed by atoms with van der Waals surface area (Å²) in [6, 6.07) is 11.4. The van der Waals surface area contributed by atoms with Crippen LogP contribution < -0.4 is 4.74 Å². The van der Waals surface area contributed by atoms with Crippen molar-refractivity contribution in [3.05, 3.63) is 41.6 Å². The molecule has 1 heterocycles. The molecule has 0 spiro atoms. The summed E-state index contributed by atoms with van der Waals surface area (Å²) in [5.74, 6) is 1.15. The summed E-state index contributed by atoms with van der Waals surface area (Å²) in [5.41, 5.74) is 0.938. The first kappa shape index (κ1) is 15.8. The third-order valence-electron chi connectivity index (χ3n) is 3.20. The lowest BCUT2D eigenvalue weighted by Crippen LogP contribution is -2.01. The van der Waals surface area contributed by atoms with E-state index in [1.165, 1.54) is 25.7 Å². The minimum atomic E-state index is 0.407. The molecule has 0 amide bonds. The zero-order chi connectivity index (χ0) is 14.9. The number of benzene rings is 1. The smallest absolute Gasteiger partial charge is 0.218 e. The van der Waals surface area contributed by atoms with Crippen molar-refractivity contribution in [3.63, 3.8) is 0 Å².